The second kappa shape index (κ2) is 15.5. The first kappa shape index (κ1) is 41.4. The highest BCUT2D eigenvalue weighted by atomic mass is 16.3. The molecule has 4 heteroatoms. The molecule has 0 saturated heterocycles. The molecule has 0 spiro atoms. The van der Waals surface area contributed by atoms with Crippen LogP contribution in [0, 0.1) is 0 Å². The highest BCUT2D eigenvalue weighted by Crippen LogP contribution is 2.46. The Hall–Kier alpha value is -8.08. The van der Waals surface area contributed by atoms with E-state index in [0.29, 0.717) is 11.4 Å². The van der Waals surface area contributed by atoms with Crippen LogP contribution in [0.4, 0.5) is 0 Å². The Morgan fingerprint density at radius 2 is 1.06 bits per heavy atom. The maximum atomic E-state index is 12.6. The minimum absolute atomic E-state index is 0.189. The molecule has 0 fully saturated rings. The van der Waals surface area contributed by atoms with Gasteiger partial charge in [0.05, 0.1) is 27.8 Å². The zero-order valence-electron chi connectivity index (χ0n) is 39.3. The SMILES string of the molecule is CC(C)(C)c1cc(-c2nc3c(-c4cc5cc(c4)c4cccc6ccc(cc64)c4cccc(c4)c4cccc6cnc5cc64)cccc3n2-c2ccccc2-c2ccccc2)c(O)c(C(C)(C)C)c1. The predicted octanol–water partition coefficient (Wildman–Crippen LogP) is 17.2. The van der Waals surface area contributed by atoms with Crippen LogP contribution >= 0.6 is 0 Å². The number of fused-ring (bicyclic) bond motifs is 11. The predicted molar refractivity (Wildman–Crippen MR) is 288 cm³/mol. The van der Waals surface area contributed by atoms with Crippen molar-refractivity contribution in [3.63, 3.8) is 0 Å². The average Bonchev–Trinajstić information content (AvgIpc) is 3.74. The summed E-state index contributed by atoms with van der Waals surface area (Å²) >= 11 is 0. The summed E-state index contributed by atoms with van der Waals surface area (Å²) in [5, 5.41) is 25.2. The molecule has 12 rings (SSSR count). The summed E-state index contributed by atoms with van der Waals surface area (Å²) in [5.74, 6) is 0.936. The summed E-state index contributed by atoms with van der Waals surface area (Å²) in [5.41, 5.74) is 10.1. The van der Waals surface area contributed by atoms with E-state index in [2.05, 4.69) is 234 Å². The molecule has 0 atom stereocenters. The van der Waals surface area contributed by atoms with Gasteiger partial charge in [0.2, 0.25) is 0 Å². The molecule has 2 aromatic heterocycles. The fourth-order valence-corrected chi connectivity index (χ4v) is 10.3. The Morgan fingerprint density at radius 1 is 0.426 bits per heavy atom. The molecule has 8 bridgehead atoms. The second-order valence-corrected chi connectivity index (χ2v) is 20.5. The maximum absolute atomic E-state index is 12.6. The third kappa shape index (κ3) is 6.90. The molecule has 0 amide bonds. The number of phenolic OH excluding ortho intramolecular Hbond substituents is 1. The number of aromatic nitrogens is 3. The van der Waals surface area contributed by atoms with Crippen LogP contribution in [-0.4, -0.2) is 19.6 Å². The van der Waals surface area contributed by atoms with E-state index in [1.165, 1.54) is 32.3 Å². The molecule has 0 aliphatic carbocycles. The number of aromatic hydroxyl groups is 1. The molecule has 68 heavy (non-hydrogen) atoms. The Morgan fingerprint density at radius 3 is 1.87 bits per heavy atom. The van der Waals surface area contributed by atoms with Crippen LogP contribution in [0.15, 0.2) is 194 Å². The lowest BCUT2D eigenvalue weighted by atomic mass is 9.79. The van der Waals surface area contributed by atoms with Gasteiger partial charge in [0.25, 0.3) is 0 Å². The van der Waals surface area contributed by atoms with Gasteiger partial charge in [-0.1, -0.05) is 175 Å². The molecule has 4 nitrogen and oxygen atoms in total. The standard InChI is InChI=1S/C64H51N3O/c1-63(2,3)48-35-55(61(68)56(36-48)64(4,5)6)62-66-60-52(25-15-27-59(60)67(62)58-26-11-10-22-51(58)39-16-8-7-9-17-39)46-31-45-32-47(33-46)57-37-54-44(38-65-57)21-14-23-49(54)43-20-12-19-41(30-43)42-29-28-40-18-13-24-50(45)53(40)34-42/h7-38,68H,1-6H3. The van der Waals surface area contributed by atoms with Gasteiger partial charge in [-0.05, 0) is 131 Å². The van der Waals surface area contributed by atoms with Gasteiger partial charge >= 0.3 is 0 Å². The van der Waals surface area contributed by atoms with Crippen LogP contribution in [0.1, 0.15) is 52.7 Å². The minimum atomic E-state index is -0.331. The van der Waals surface area contributed by atoms with Crippen molar-refractivity contribution in [2.45, 2.75) is 52.4 Å². The van der Waals surface area contributed by atoms with E-state index in [-0.39, 0.29) is 16.6 Å². The highest BCUT2D eigenvalue weighted by molar-refractivity contribution is 6.14. The summed E-state index contributed by atoms with van der Waals surface area (Å²) in [6, 6.07) is 68.0. The van der Waals surface area contributed by atoms with Crippen LogP contribution in [0.25, 0.3) is 115 Å². The summed E-state index contributed by atoms with van der Waals surface area (Å²) < 4.78 is 2.27. The number of para-hydroxylation sites is 2. The van der Waals surface area contributed by atoms with Crippen LogP contribution in [0.3, 0.4) is 0 Å². The Bertz CT molecular complexity index is 4050. The molecule has 10 aromatic carbocycles. The molecule has 328 valence electrons. The first-order valence-electron chi connectivity index (χ1n) is 23.6. The lowest BCUT2D eigenvalue weighted by Gasteiger charge is -2.27. The molecule has 0 saturated carbocycles. The van der Waals surface area contributed by atoms with E-state index in [1.54, 1.807) is 0 Å². The maximum Gasteiger partial charge on any atom is 0.149 e. The zero-order valence-corrected chi connectivity index (χ0v) is 39.3. The van der Waals surface area contributed by atoms with Crippen molar-refractivity contribution in [1.82, 2.24) is 14.5 Å². The Kier molecular flexibility index (Phi) is 9.43. The number of pyridine rings is 1. The first-order chi connectivity index (χ1) is 32.9. The summed E-state index contributed by atoms with van der Waals surface area (Å²) in [7, 11) is 0. The molecular weight excluding hydrogens is 827 g/mol. The van der Waals surface area contributed by atoms with Gasteiger partial charge in [0.1, 0.15) is 11.6 Å². The van der Waals surface area contributed by atoms with Crippen molar-refractivity contribution in [2.24, 2.45) is 0 Å². The third-order valence-corrected chi connectivity index (χ3v) is 13.9. The molecule has 12 aromatic rings. The van der Waals surface area contributed by atoms with Crippen molar-refractivity contribution in [3.8, 4) is 45.1 Å². The van der Waals surface area contributed by atoms with Gasteiger partial charge in [-0.3, -0.25) is 9.55 Å². The van der Waals surface area contributed by atoms with E-state index < -0.39 is 0 Å². The molecule has 0 aliphatic heterocycles. The van der Waals surface area contributed by atoms with Gasteiger partial charge in [0.15, 0.2) is 0 Å². The van der Waals surface area contributed by atoms with E-state index in [4.69, 9.17) is 9.97 Å². The molecular formula is C64H51N3O. The van der Waals surface area contributed by atoms with Crippen LogP contribution < -0.4 is 0 Å². The smallest absolute Gasteiger partial charge is 0.149 e. The third-order valence-electron chi connectivity index (χ3n) is 13.9. The second-order valence-electron chi connectivity index (χ2n) is 20.5. The van der Waals surface area contributed by atoms with Crippen LogP contribution in [0.2, 0.25) is 0 Å². The minimum Gasteiger partial charge on any atom is -0.507 e. The van der Waals surface area contributed by atoms with Gasteiger partial charge in [-0.25, -0.2) is 4.98 Å². The van der Waals surface area contributed by atoms with E-state index in [0.717, 1.165) is 82.5 Å². The van der Waals surface area contributed by atoms with Crippen molar-refractivity contribution >= 4 is 75.8 Å². The van der Waals surface area contributed by atoms with Gasteiger partial charge in [-0.2, -0.15) is 0 Å². The van der Waals surface area contributed by atoms with E-state index >= 15 is 0 Å². The highest BCUT2D eigenvalue weighted by Gasteiger charge is 2.29. The lowest BCUT2D eigenvalue weighted by Crippen LogP contribution is -2.17. The Labute approximate surface area is 396 Å². The molecule has 0 unspecified atom stereocenters. The quantitative estimate of drug-likeness (QED) is 0.192. The van der Waals surface area contributed by atoms with Crippen molar-refractivity contribution in [3.05, 3.63) is 205 Å². The van der Waals surface area contributed by atoms with Crippen molar-refractivity contribution in [2.75, 3.05) is 0 Å². The molecule has 0 aliphatic rings. The van der Waals surface area contributed by atoms with Gasteiger partial charge < -0.3 is 5.11 Å². The zero-order chi connectivity index (χ0) is 46.5. The average molecular weight is 878 g/mol. The first-order valence-corrected chi connectivity index (χ1v) is 23.6. The normalized spacial score (nSPS) is 12.3. The molecule has 2 heterocycles. The van der Waals surface area contributed by atoms with Crippen LogP contribution in [0.5, 0.6) is 5.75 Å². The monoisotopic (exact) mass is 877 g/mol. The Balaban J connectivity index is 1.23. The number of nitrogens with zero attached hydrogens (tertiary/aromatic N) is 3. The number of imidazole rings is 1. The number of phenols is 1. The van der Waals surface area contributed by atoms with Gasteiger partial charge in [-0.15, -0.1) is 0 Å². The van der Waals surface area contributed by atoms with E-state index in [1.807, 2.05) is 6.20 Å². The number of rotatable bonds is 4. The van der Waals surface area contributed by atoms with Gasteiger partial charge in [0, 0.05) is 33.7 Å². The summed E-state index contributed by atoms with van der Waals surface area (Å²) in [4.78, 5) is 10.9. The molecule has 0 radical (unpaired) electrons. The summed E-state index contributed by atoms with van der Waals surface area (Å²) in [6.45, 7) is 13.2. The fourth-order valence-electron chi connectivity index (χ4n) is 10.3. The summed E-state index contributed by atoms with van der Waals surface area (Å²) in [6.07, 6.45) is 2.02. The number of hydrogen-bond acceptors (Lipinski definition) is 3. The lowest BCUT2D eigenvalue weighted by molar-refractivity contribution is 0.446. The number of hydrogen-bond donors (Lipinski definition) is 1. The van der Waals surface area contributed by atoms with Crippen LogP contribution in [-0.2, 0) is 10.8 Å². The number of benzene rings is 9. The largest absolute Gasteiger partial charge is 0.507 e. The van der Waals surface area contributed by atoms with E-state index in [9.17, 15) is 5.11 Å². The van der Waals surface area contributed by atoms with Crippen molar-refractivity contribution in [1.29, 1.82) is 0 Å². The molecule has 1 N–H and O–H groups in total. The fraction of sp³-hybridized carbons (Fsp3) is 0.125. The van der Waals surface area contributed by atoms with Crippen molar-refractivity contribution < 1.29 is 5.11 Å². The topological polar surface area (TPSA) is 50.9 Å².